The molecule has 2 aliphatic heterocycles. The number of aromatic nitrogens is 6. The first-order valence-corrected chi connectivity index (χ1v) is 25.4. The van der Waals surface area contributed by atoms with Gasteiger partial charge in [0.05, 0.1) is 40.5 Å². The van der Waals surface area contributed by atoms with Crippen LogP contribution in [-0.2, 0) is 26.5 Å². The summed E-state index contributed by atoms with van der Waals surface area (Å²) in [4.78, 5) is 80.3. The molecule has 18 nitrogen and oxygen atoms in total. The van der Waals surface area contributed by atoms with E-state index in [-0.39, 0.29) is 55.3 Å². The van der Waals surface area contributed by atoms with Crippen molar-refractivity contribution in [2.45, 2.75) is 104 Å². The number of aryl methyl sites for hydroxylation is 1. The Hall–Kier alpha value is -6.80. The summed E-state index contributed by atoms with van der Waals surface area (Å²) < 4.78 is 3.11. The number of anilines is 3. The number of rotatable bonds is 17. The molecule has 4 atom stereocenters. The Bertz CT molecular complexity index is 2960. The largest absolute Gasteiger partial charge is 0.391 e. The monoisotopic (exact) mass is 998 g/mol. The molecule has 6 aromatic rings. The highest BCUT2D eigenvalue weighted by Gasteiger charge is 2.44. The molecule has 0 radical (unpaired) electrons. The summed E-state index contributed by atoms with van der Waals surface area (Å²) in [6.45, 7) is 20.8. The third-order valence-corrected chi connectivity index (χ3v) is 14.3. The molecule has 3 amide bonds. The van der Waals surface area contributed by atoms with Crippen molar-refractivity contribution in [3.63, 3.8) is 0 Å². The van der Waals surface area contributed by atoms with Gasteiger partial charge in [-0.15, -0.1) is 17.9 Å². The fourth-order valence-corrected chi connectivity index (χ4v) is 10.1. The molecule has 19 heteroatoms. The Morgan fingerprint density at radius 2 is 1.67 bits per heavy atom. The number of benzene rings is 2. The Morgan fingerprint density at radius 3 is 2.32 bits per heavy atom. The van der Waals surface area contributed by atoms with Gasteiger partial charge in [-0.2, -0.15) is 4.98 Å². The summed E-state index contributed by atoms with van der Waals surface area (Å²) in [6, 6.07) is 19.1. The number of amides is 3. The molecule has 0 unspecified atom stereocenters. The van der Waals surface area contributed by atoms with Gasteiger partial charge in [0.15, 0.2) is 11.5 Å². The molecule has 5 N–H and O–H groups in total. The highest BCUT2D eigenvalue weighted by molar-refractivity contribution is 7.13. The van der Waals surface area contributed by atoms with Crippen molar-refractivity contribution >= 4 is 57.4 Å². The van der Waals surface area contributed by atoms with Crippen LogP contribution in [0.5, 0.6) is 0 Å². The fourth-order valence-electron chi connectivity index (χ4n) is 9.32. The summed E-state index contributed by atoms with van der Waals surface area (Å²) >= 11 is 1.58. The number of aliphatic hydroxyl groups excluding tert-OH is 1. The van der Waals surface area contributed by atoms with E-state index >= 15 is 0 Å². The average Bonchev–Trinajstić information content (AvgIpc) is 4.04. The van der Waals surface area contributed by atoms with E-state index in [4.69, 9.17) is 4.98 Å². The van der Waals surface area contributed by atoms with Crippen molar-refractivity contribution in [3.05, 3.63) is 118 Å². The predicted octanol–water partition coefficient (Wildman–Crippen LogP) is 5.84. The summed E-state index contributed by atoms with van der Waals surface area (Å²) in [5, 5.41) is 31.0. The van der Waals surface area contributed by atoms with Gasteiger partial charge in [-0.05, 0) is 93.6 Å². The van der Waals surface area contributed by atoms with Crippen LogP contribution in [0, 0.1) is 12.3 Å². The third-order valence-electron chi connectivity index (χ3n) is 13.4. The Labute approximate surface area is 423 Å². The Balaban J connectivity index is 0.816. The number of carbonyl (C=O) groups is 3. The number of pyridine rings is 1. The highest BCUT2D eigenvalue weighted by Crippen LogP contribution is 2.31. The zero-order valence-electron chi connectivity index (χ0n) is 42.1. The summed E-state index contributed by atoms with van der Waals surface area (Å²) in [6.07, 6.45) is 3.23. The number of likely N-dealkylation sites (tertiary alicyclic amines) is 1. The molecule has 6 heterocycles. The molecule has 0 saturated carbocycles. The number of hydrogen-bond acceptors (Lipinski definition) is 14. The van der Waals surface area contributed by atoms with E-state index in [9.17, 15) is 29.4 Å². The van der Waals surface area contributed by atoms with Gasteiger partial charge >= 0.3 is 0 Å². The first-order valence-electron chi connectivity index (χ1n) is 24.5. The van der Waals surface area contributed by atoms with Crippen LogP contribution in [0.3, 0.4) is 0 Å². The minimum Gasteiger partial charge on any atom is -0.391 e. The summed E-state index contributed by atoms with van der Waals surface area (Å²) in [5.74, 6) is -0.244. The van der Waals surface area contributed by atoms with Crippen LogP contribution in [0.25, 0.3) is 27.3 Å². The molecule has 0 spiro atoms. The predicted molar refractivity (Wildman–Crippen MR) is 280 cm³/mol. The number of β-amino-alcohol motifs (C(OH)–C–C–N with tert-alkyl or cyclic N) is 1. The molecule has 380 valence electrons. The SMILES string of the molecule is C=CCn1c(=O)c2cnc(Nc3ccc(N4CCN(CCCC(=O)N[C@H](C(=O)N5C[C@H](O)C[C@H]5C(=O)N[C@@H](C)c5ccc(-c6scnc6C)cc5)C(C)(C)C)CC4)cc3)nc2n1-c1cccc(C(C)(C)O)n1. The Kier molecular flexibility index (Phi) is 15.4. The van der Waals surface area contributed by atoms with Gasteiger partial charge < -0.3 is 36.0 Å². The third kappa shape index (κ3) is 11.6. The van der Waals surface area contributed by atoms with E-state index in [1.54, 1.807) is 54.1 Å². The number of hydrogen-bond donors (Lipinski definition) is 5. The molecule has 4 aromatic heterocycles. The molecule has 2 fully saturated rings. The molecular weight excluding hydrogens is 933 g/mol. The number of nitrogens with one attached hydrogen (secondary N) is 3. The first-order chi connectivity index (χ1) is 34.3. The van der Waals surface area contributed by atoms with Gasteiger partial charge in [0, 0.05) is 63.1 Å². The lowest BCUT2D eigenvalue weighted by Gasteiger charge is -2.36. The van der Waals surface area contributed by atoms with Crippen LogP contribution in [0.4, 0.5) is 17.3 Å². The number of fused-ring (bicyclic) bond motifs is 1. The minimum atomic E-state index is -1.19. The fraction of sp³-hybridized carbons (Fsp3) is 0.434. The van der Waals surface area contributed by atoms with Gasteiger partial charge in [0.1, 0.15) is 23.1 Å². The topological polar surface area (TPSA) is 216 Å². The van der Waals surface area contributed by atoms with Gasteiger partial charge in [0.25, 0.3) is 5.56 Å². The second-order valence-corrected chi connectivity index (χ2v) is 21.2. The van der Waals surface area contributed by atoms with Crippen LogP contribution in [0.15, 0.2) is 95.9 Å². The van der Waals surface area contributed by atoms with Gasteiger partial charge in [0.2, 0.25) is 23.7 Å². The van der Waals surface area contributed by atoms with Crippen molar-refractivity contribution in [2.75, 3.05) is 49.5 Å². The van der Waals surface area contributed by atoms with Crippen LogP contribution in [0.1, 0.15) is 83.8 Å². The summed E-state index contributed by atoms with van der Waals surface area (Å²) in [5.41, 5.74) is 5.25. The lowest BCUT2D eigenvalue weighted by Crippen LogP contribution is -2.57. The number of piperazine rings is 1. The minimum absolute atomic E-state index is 0.00785. The van der Waals surface area contributed by atoms with E-state index < -0.39 is 29.2 Å². The van der Waals surface area contributed by atoms with E-state index in [1.807, 2.05) is 88.7 Å². The van der Waals surface area contributed by atoms with Crippen LogP contribution < -0.4 is 26.4 Å². The van der Waals surface area contributed by atoms with E-state index in [0.717, 1.165) is 65.8 Å². The highest BCUT2D eigenvalue weighted by atomic mass is 32.1. The molecular formula is C53H66N12O6S. The lowest BCUT2D eigenvalue weighted by molar-refractivity contribution is -0.144. The molecule has 8 rings (SSSR count). The molecule has 0 bridgehead atoms. The van der Waals surface area contributed by atoms with Gasteiger partial charge in [-0.25, -0.2) is 24.3 Å². The number of carbonyl (C=O) groups excluding carboxylic acids is 3. The van der Waals surface area contributed by atoms with Crippen molar-refractivity contribution in [1.82, 2.24) is 49.7 Å². The van der Waals surface area contributed by atoms with E-state index in [0.29, 0.717) is 34.9 Å². The van der Waals surface area contributed by atoms with Crippen molar-refractivity contribution < 1.29 is 24.6 Å². The van der Waals surface area contributed by atoms with E-state index in [2.05, 4.69) is 47.3 Å². The average molecular weight is 999 g/mol. The second kappa shape index (κ2) is 21.5. The Morgan fingerprint density at radius 1 is 0.944 bits per heavy atom. The molecule has 2 aromatic carbocycles. The van der Waals surface area contributed by atoms with Crippen molar-refractivity contribution in [1.29, 1.82) is 0 Å². The van der Waals surface area contributed by atoms with Crippen LogP contribution in [0.2, 0.25) is 0 Å². The normalized spacial score (nSPS) is 17.5. The lowest BCUT2D eigenvalue weighted by atomic mass is 9.85. The van der Waals surface area contributed by atoms with Crippen LogP contribution >= 0.6 is 11.3 Å². The first kappa shape index (κ1) is 51.6. The van der Waals surface area contributed by atoms with Crippen molar-refractivity contribution in [2.24, 2.45) is 5.41 Å². The molecule has 72 heavy (non-hydrogen) atoms. The molecule has 2 aliphatic rings. The zero-order chi connectivity index (χ0) is 51.5. The number of nitrogens with zero attached hydrogens (tertiary/aromatic N) is 9. The van der Waals surface area contributed by atoms with Crippen LogP contribution in [-0.4, -0.2) is 124 Å². The van der Waals surface area contributed by atoms with Gasteiger partial charge in [-0.1, -0.05) is 57.2 Å². The smallest absolute Gasteiger partial charge is 0.278 e. The summed E-state index contributed by atoms with van der Waals surface area (Å²) in [7, 11) is 0. The van der Waals surface area contributed by atoms with Crippen molar-refractivity contribution in [3.8, 4) is 16.3 Å². The maximum Gasteiger partial charge on any atom is 0.278 e. The number of thiazole rings is 1. The zero-order valence-corrected chi connectivity index (χ0v) is 42.9. The second-order valence-electron chi connectivity index (χ2n) is 20.3. The maximum absolute atomic E-state index is 14.2. The maximum atomic E-state index is 14.2. The van der Waals surface area contributed by atoms with E-state index in [1.165, 1.54) is 15.8 Å². The number of aliphatic hydroxyl groups is 2. The molecule has 2 saturated heterocycles. The standard InChI is InChI=1S/C53H66N12O6S/c1-9-23-64-49(69)40-30-54-51(60-47(40)65(64)43-13-10-12-42(58-43)53(7,8)71)57-37-19-21-38(22-20-37)62-27-25-61(26-28-62)24-11-14-44(67)59-46(52(4,5)6)50(70)63-31-39(66)29-41(63)48(68)56-33(2)35-15-17-36(18-16-35)45-34(3)55-32-72-45/h9-10,12-13,15-22,30,32-33,39,41,46,66,71H,1,11,14,23-29,31H2,2-8H3,(H,56,68)(H,59,67)(H,54,57,60)/t33-,39+,41-,46+/m0/s1. The molecule has 0 aliphatic carbocycles. The number of allylic oxidation sites excluding steroid dienone is 1. The van der Waals surface area contributed by atoms with Gasteiger partial charge in [-0.3, -0.25) is 24.1 Å². The quantitative estimate of drug-likeness (QED) is 0.0681.